The molecule has 4 atom stereocenters. The normalized spacial score (nSPS) is 27.6. The van der Waals surface area contributed by atoms with Crippen molar-refractivity contribution in [2.24, 2.45) is 23.5 Å². The Morgan fingerprint density at radius 1 is 1.29 bits per heavy atom. The Balaban J connectivity index is 2.11. The van der Waals surface area contributed by atoms with E-state index in [0.29, 0.717) is 17.9 Å². The summed E-state index contributed by atoms with van der Waals surface area (Å²) >= 11 is 0. The zero-order valence-electron chi connectivity index (χ0n) is 14.0. The van der Waals surface area contributed by atoms with Crippen molar-refractivity contribution in [1.29, 1.82) is 0 Å². The molecule has 0 aliphatic heterocycles. The lowest BCUT2D eigenvalue weighted by atomic mass is 9.75. The molecule has 2 heteroatoms. The molecule has 21 heavy (non-hydrogen) atoms. The highest BCUT2D eigenvalue weighted by Gasteiger charge is 2.32. The van der Waals surface area contributed by atoms with Gasteiger partial charge in [0.05, 0.1) is 0 Å². The van der Waals surface area contributed by atoms with Gasteiger partial charge in [-0.15, -0.1) is 0 Å². The first-order chi connectivity index (χ1) is 10.0. The smallest absolute Gasteiger partial charge is 0.120 e. The average molecular weight is 289 g/mol. The molecule has 2 nitrogen and oxygen atoms in total. The maximum atomic E-state index is 6.38. The van der Waals surface area contributed by atoms with Crippen LogP contribution in [0.2, 0.25) is 0 Å². The maximum absolute atomic E-state index is 6.38. The van der Waals surface area contributed by atoms with Crippen molar-refractivity contribution in [3.63, 3.8) is 0 Å². The molecule has 1 aromatic carbocycles. The second-order valence-corrected chi connectivity index (χ2v) is 7.07. The van der Waals surface area contributed by atoms with Crippen LogP contribution in [0.3, 0.4) is 0 Å². The van der Waals surface area contributed by atoms with Crippen LogP contribution in [-0.2, 0) is 0 Å². The third-order valence-electron chi connectivity index (χ3n) is 4.97. The Morgan fingerprint density at radius 2 is 2.05 bits per heavy atom. The van der Waals surface area contributed by atoms with Gasteiger partial charge in [0.25, 0.3) is 0 Å². The molecule has 118 valence electrons. The first-order valence-corrected chi connectivity index (χ1v) is 8.53. The Morgan fingerprint density at radius 3 is 2.71 bits per heavy atom. The van der Waals surface area contributed by atoms with E-state index in [1.807, 2.05) is 0 Å². The second-order valence-electron chi connectivity index (χ2n) is 7.07. The molecular weight excluding hydrogens is 258 g/mol. The fraction of sp³-hybridized carbons (Fsp3) is 0.684. The van der Waals surface area contributed by atoms with Gasteiger partial charge >= 0.3 is 0 Å². The lowest BCUT2D eigenvalue weighted by Crippen LogP contribution is -2.36. The molecule has 2 N–H and O–H groups in total. The molecular formula is C19H31NO. The minimum absolute atomic E-state index is 0.111. The van der Waals surface area contributed by atoms with Gasteiger partial charge in [-0.25, -0.2) is 0 Å². The van der Waals surface area contributed by atoms with Gasteiger partial charge < -0.3 is 10.5 Å². The van der Waals surface area contributed by atoms with Gasteiger partial charge in [-0.05, 0) is 54.7 Å². The summed E-state index contributed by atoms with van der Waals surface area (Å²) in [4.78, 5) is 0. The van der Waals surface area contributed by atoms with Crippen LogP contribution in [0.1, 0.15) is 65.0 Å². The fourth-order valence-electron chi connectivity index (χ4n) is 3.48. The van der Waals surface area contributed by atoms with Crippen LogP contribution in [-0.4, -0.2) is 6.10 Å². The predicted molar refractivity (Wildman–Crippen MR) is 89.4 cm³/mol. The Hall–Kier alpha value is -1.02. The molecule has 0 radical (unpaired) electrons. The number of hydrogen-bond donors (Lipinski definition) is 1. The van der Waals surface area contributed by atoms with E-state index in [-0.39, 0.29) is 6.04 Å². The van der Waals surface area contributed by atoms with E-state index in [0.717, 1.165) is 18.1 Å². The minimum atomic E-state index is 0.111. The SMILES string of the molecule is CCC(N)c1cccc(OC2CC(C)CCC2C(C)C)c1. The van der Waals surface area contributed by atoms with Crippen LogP contribution in [0, 0.1) is 17.8 Å². The Labute approximate surface area is 130 Å². The van der Waals surface area contributed by atoms with E-state index in [1.54, 1.807) is 0 Å². The van der Waals surface area contributed by atoms with Crippen LogP contribution in [0.4, 0.5) is 0 Å². The summed E-state index contributed by atoms with van der Waals surface area (Å²) in [7, 11) is 0. The lowest BCUT2D eigenvalue weighted by molar-refractivity contribution is 0.0459. The molecule has 2 rings (SSSR count). The predicted octanol–water partition coefficient (Wildman–Crippen LogP) is 4.94. The summed E-state index contributed by atoms with van der Waals surface area (Å²) in [5, 5.41) is 0. The van der Waals surface area contributed by atoms with Gasteiger partial charge in [-0.1, -0.05) is 46.2 Å². The molecule has 4 unspecified atom stereocenters. The number of hydrogen-bond acceptors (Lipinski definition) is 2. The first kappa shape index (κ1) is 16.4. The molecule has 1 fully saturated rings. The summed E-state index contributed by atoms with van der Waals surface area (Å²) in [6.07, 6.45) is 5.11. The quantitative estimate of drug-likeness (QED) is 0.833. The van der Waals surface area contributed by atoms with Crippen molar-refractivity contribution >= 4 is 0 Å². The molecule has 0 saturated heterocycles. The largest absolute Gasteiger partial charge is 0.490 e. The van der Waals surface area contributed by atoms with E-state index in [4.69, 9.17) is 10.5 Å². The van der Waals surface area contributed by atoms with Gasteiger partial charge in [-0.3, -0.25) is 0 Å². The fourth-order valence-corrected chi connectivity index (χ4v) is 3.48. The van der Waals surface area contributed by atoms with Crippen molar-refractivity contribution in [3.8, 4) is 5.75 Å². The third-order valence-corrected chi connectivity index (χ3v) is 4.97. The van der Waals surface area contributed by atoms with Gasteiger partial charge in [0.1, 0.15) is 11.9 Å². The number of ether oxygens (including phenoxy) is 1. The minimum Gasteiger partial charge on any atom is -0.490 e. The highest BCUT2D eigenvalue weighted by Crippen LogP contribution is 2.36. The second kappa shape index (κ2) is 7.31. The zero-order chi connectivity index (χ0) is 15.4. The zero-order valence-corrected chi connectivity index (χ0v) is 14.0. The summed E-state index contributed by atoms with van der Waals surface area (Å²) in [5.41, 5.74) is 7.32. The average Bonchev–Trinajstić information content (AvgIpc) is 2.46. The maximum Gasteiger partial charge on any atom is 0.120 e. The molecule has 0 aromatic heterocycles. The monoisotopic (exact) mass is 289 g/mol. The van der Waals surface area contributed by atoms with E-state index < -0.39 is 0 Å². The highest BCUT2D eigenvalue weighted by atomic mass is 16.5. The van der Waals surface area contributed by atoms with Gasteiger partial charge in [0, 0.05) is 6.04 Å². The number of benzene rings is 1. The standard InChI is InChI=1S/C19H31NO/c1-5-18(20)15-7-6-8-16(12-15)21-19-11-14(4)9-10-17(19)13(2)3/h6-8,12-14,17-19H,5,9-11,20H2,1-4H3. The van der Waals surface area contributed by atoms with Crippen molar-refractivity contribution in [2.75, 3.05) is 0 Å². The summed E-state index contributed by atoms with van der Waals surface area (Å²) in [5.74, 6) is 3.11. The van der Waals surface area contributed by atoms with E-state index in [9.17, 15) is 0 Å². The molecule has 1 saturated carbocycles. The topological polar surface area (TPSA) is 35.2 Å². The lowest BCUT2D eigenvalue weighted by Gasteiger charge is -2.37. The Bertz CT molecular complexity index is 443. The van der Waals surface area contributed by atoms with Crippen molar-refractivity contribution in [3.05, 3.63) is 29.8 Å². The van der Waals surface area contributed by atoms with Crippen LogP contribution < -0.4 is 10.5 Å². The molecule has 0 heterocycles. The molecule has 0 spiro atoms. The molecule has 1 aliphatic carbocycles. The van der Waals surface area contributed by atoms with Crippen molar-refractivity contribution in [1.82, 2.24) is 0 Å². The molecule has 0 amide bonds. The van der Waals surface area contributed by atoms with Gasteiger partial charge in [0.15, 0.2) is 0 Å². The molecule has 0 bridgehead atoms. The molecule has 1 aliphatic rings. The third kappa shape index (κ3) is 4.23. The Kier molecular flexibility index (Phi) is 5.69. The van der Waals surface area contributed by atoms with Crippen LogP contribution in [0.25, 0.3) is 0 Å². The van der Waals surface area contributed by atoms with Crippen molar-refractivity contribution in [2.45, 2.75) is 65.5 Å². The summed E-state index contributed by atoms with van der Waals surface area (Å²) in [6, 6.07) is 8.48. The van der Waals surface area contributed by atoms with Crippen molar-refractivity contribution < 1.29 is 4.74 Å². The van der Waals surface area contributed by atoms with Gasteiger partial charge in [-0.2, -0.15) is 0 Å². The van der Waals surface area contributed by atoms with E-state index in [2.05, 4.69) is 52.0 Å². The number of nitrogens with two attached hydrogens (primary N) is 1. The van der Waals surface area contributed by atoms with Crippen LogP contribution >= 0.6 is 0 Å². The summed E-state index contributed by atoms with van der Waals surface area (Å²) < 4.78 is 6.38. The molecule has 1 aromatic rings. The van der Waals surface area contributed by atoms with Crippen LogP contribution in [0.5, 0.6) is 5.75 Å². The van der Waals surface area contributed by atoms with Gasteiger partial charge in [0.2, 0.25) is 0 Å². The van der Waals surface area contributed by atoms with Crippen LogP contribution in [0.15, 0.2) is 24.3 Å². The summed E-state index contributed by atoms with van der Waals surface area (Å²) in [6.45, 7) is 9.10. The first-order valence-electron chi connectivity index (χ1n) is 8.53. The van der Waals surface area contributed by atoms with E-state index in [1.165, 1.54) is 24.8 Å². The van der Waals surface area contributed by atoms with E-state index >= 15 is 0 Å². The number of rotatable bonds is 5. The highest BCUT2D eigenvalue weighted by molar-refractivity contribution is 5.30.